The van der Waals surface area contributed by atoms with Gasteiger partial charge >= 0.3 is 0 Å². The largest absolute Gasteiger partial charge is 0.361 e. The Hall–Kier alpha value is -3.86. The van der Waals surface area contributed by atoms with E-state index in [4.69, 9.17) is 4.52 Å². The summed E-state index contributed by atoms with van der Waals surface area (Å²) in [6, 6.07) is 7.51. The molecule has 3 heterocycles. The first kappa shape index (κ1) is 20.4. The normalized spacial score (nSPS) is 13.3. The van der Waals surface area contributed by atoms with Crippen molar-refractivity contribution in [2.24, 2.45) is 0 Å². The first-order valence-electron chi connectivity index (χ1n) is 9.34. The average Bonchev–Trinajstić information content (AvgIpc) is 3.37. The van der Waals surface area contributed by atoms with E-state index in [-0.39, 0.29) is 17.3 Å². The van der Waals surface area contributed by atoms with Crippen LogP contribution in [0.25, 0.3) is 6.08 Å². The molecule has 0 spiro atoms. The van der Waals surface area contributed by atoms with Gasteiger partial charge in [-0.2, -0.15) is 0 Å². The lowest BCUT2D eigenvalue weighted by atomic mass is 10.1. The van der Waals surface area contributed by atoms with E-state index in [0.29, 0.717) is 36.0 Å². The number of non-ortho nitro benzene ring substituents is 1. The number of rotatable bonds is 5. The Morgan fingerprint density at radius 2 is 2.10 bits per heavy atom. The zero-order chi connectivity index (χ0) is 22.0. The van der Waals surface area contributed by atoms with Crippen LogP contribution < -0.4 is 5.32 Å². The smallest absolute Gasteiger partial charge is 0.279 e. The maximum atomic E-state index is 12.6. The van der Waals surface area contributed by atoms with Crippen molar-refractivity contribution in [3.05, 3.63) is 74.1 Å². The summed E-state index contributed by atoms with van der Waals surface area (Å²) < 4.78 is 4.91. The van der Waals surface area contributed by atoms with Crippen LogP contribution in [0.3, 0.4) is 0 Å². The minimum atomic E-state index is -0.470. The summed E-state index contributed by atoms with van der Waals surface area (Å²) in [7, 11) is 0. The highest BCUT2D eigenvalue weighted by atomic mass is 32.1. The summed E-state index contributed by atoms with van der Waals surface area (Å²) in [5.74, 6) is -0.0255. The van der Waals surface area contributed by atoms with Crippen LogP contribution >= 0.6 is 11.3 Å². The molecule has 0 saturated carbocycles. The van der Waals surface area contributed by atoms with E-state index in [1.54, 1.807) is 36.1 Å². The van der Waals surface area contributed by atoms with Gasteiger partial charge in [0.1, 0.15) is 5.76 Å². The molecule has 31 heavy (non-hydrogen) atoms. The second-order valence-corrected chi connectivity index (χ2v) is 7.94. The molecule has 2 amide bonds. The number of benzene rings is 1. The Kier molecular flexibility index (Phi) is 5.58. The third-order valence-electron chi connectivity index (χ3n) is 4.65. The number of hydrogen-bond acceptors (Lipinski definition) is 8. The lowest BCUT2D eigenvalue weighted by Gasteiger charge is -2.24. The van der Waals surface area contributed by atoms with E-state index in [0.717, 1.165) is 10.6 Å². The first-order chi connectivity index (χ1) is 14.9. The average molecular weight is 439 g/mol. The van der Waals surface area contributed by atoms with Crippen LogP contribution in [-0.4, -0.2) is 38.3 Å². The third kappa shape index (κ3) is 4.67. The number of anilines is 1. The van der Waals surface area contributed by atoms with Gasteiger partial charge in [-0.3, -0.25) is 25.0 Å². The van der Waals surface area contributed by atoms with Gasteiger partial charge in [0.05, 0.1) is 17.2 Å². The number of thiazole rings is 1. The maximum Gasteiger partial charge on any atom is 0.279 e. The summed E-state index contributed by atoms with van der Waals surface area (Å²) >= 11 is 1.32. The van der Waals surface area contributed by atoms with Crippen molar-refractivity contribution in [2.75, 3.05) is 11.9 Å². The van der Waals surface area contributed by atoms with E-state index in [9.17, 15) is 19.7 Å². The van der Waals surface area contributed by atoms with Gasteiger partial charge in [-0.25, -0.2) is 4.98 Å². The van der Waals surface area contributed by atoms with E-state index in [1.807, 2.05) is 0 Å². The van der Waals surface area contributed by atoms with Crippen LogP contribution in [0.2, 0.25) is 0 Å². The number of nitrogens with zero attached hydrogens (tertiary/aromatic N) is 4. The molecule has 4 rings (SSSR count). The summed E-state index contributed by atoms with van der Waals surface area (Å²) in [5, 5.41) is 17.6. The quantitative estimate of drug-likeness (QED) is 0.367. The fourth-order valence-electron chi connectivity index (χ4n) is 3.05. The van der Waals surface area contributed by atoms with Crippen molar-refractivity contribution in [3.8, 4) is 0 Å². The molecule has 0 aliphatic carbocycles. The number of nitro groups is 1. The first-order valence-corrected chi connectivity index (χ1v) is 10.2. The molecule has 2 aromatic heterocycles. The Morgan fingerprint density at radius 1 is 1.32 bits per heavy atom. The lowest BCUT2D eigenvalue weighted by Crippen LogP contribution is -2.34. The molecule has 1 aromatic carbocycles. The van der Waals surface area contributed by atoms with Crippen molar-refractivity contribution < 1.29 is 19.0 Å². The standard InChI is InChI=1S/C20H17N5O5S/c1-12-10-16(23-30-12)19(27)22-20-21-15-8-9-24(11-17(15)31-20)18(26)7-4-13-2-5-14(6-3-13)25(28)29/h2-7,10H,8-9,11H2,1H3,(H,21,22,27)/b7-4+. The SMILES string of the molecule is Cc1cc(C(=O)Nc2nc3c(s2)CN(C(=O)/C=C/c2ccc([N+](=O)[O-])cc2)CC3)no1. The molecule has 0 radical (unpaired) electrons. The van der Waals surface area contributed by atoms with Crippen LogP contribution in [-0.2, 0) is 17.8 Å². The predicted octanol–water partition coefficient (Wildman–Crippen LogP) is 3.20. The molecule has 0 unspecified atom stereocenters. The number of nitro benzene ring substituents is 1. The lowest BCUT2D eigenvalue weighted by molar-refractivity contribution is -0.384. The van der Waals surface area contributed by atoms with Crippen molar-refractivity contribution in [1.82, 2.24) is 15.0 Å². The second kappa shape index (κ2) is 8.48. The molecule has 1 N–H and O–H groups in total. The number of nitrogens with one attached hydrogen (secondary N) is 1. The van der Waals surface area contributed by atoms with Gasteiger partial charge in [0, 0.05) is 42.1 Å². The summed E-state index contributed by atoms with van der Waals surface area (Å²) in [4.78, 5) is 42.1. The van der Waals surface area contributed by atoms with E-state index >= 15 is 0 Å². The van der Waals surface area contributed by atoms with Crippen LogP contribution in [0.5, 0.6) is 0 Å². The Labute approximate surface area is 180 Å². The van der Waals surface area contributed by atoms with Crippen LogP contribution in [0.1, 0.15) is 32.4 Å². The number of aromatic nitrogens is 2. The van der Waals surface area contributed by atoms with Gasteiger partial charge in [0.15, 0.2) is 10.8 Å². The highest BCUT2D eigenvalue weighted by Gasteiger charge is 2.24. The number of aryl methyl sites for hydroxylation is 1. The fourth-order valence-corrected chi connectivity index (χ4v) is 4.07. The summed E-state index contributed by atoms with van der Waals surface area (Å²) in [6.45, 7) is 2.61. The van der Waals surface area contributed by atoms with Crippen molar-refractivity contribution in [1.29, 1.82) is 0 Å². The van der Waals surface area contributed by atoms with E-state index in [1.165, 1.54) is 29.5 Å². The third-order valence-corrected chi connectivity index (χ3v) is 5.64. The van der Waals surface area contributed by atoms with Gasteiger partial charge < -0.3 is 9.42 Å². The molecule has 1 aliphatic heterocycles. The van der Waals surface area contributed by atoms with Crippen molar-refractivity contribution in [2.45, 2.75) is 19.9 Å². The topological polar surface area (TPSA) is 131 Å². The number of amides is 2. The number of carbonyl (C=O) groups is 2. The zero-order valence-electron chi connectivity index (χ0n) is 16.4. The van der Waals surface area contributed by atoms with E-state index in [2.05, 4.69) is 15.5 Å². The molecule has 0 bridgehead atoms. The Bertz CT molecular complexity index is 1180. The molecule has 3 aromatic rings. The van der Waals surface area contributed by atoms with Crippen LogP contribution in [0.15, 0.2) is 40.9 Å². The minimum Gasteiger partial charge on any atom is -0.361 e. The number of hydrogen-bond donors (Lipinski definition) is 1. The summed E-state index contributed by atoms with van der Waals surface area (Å²) in [6.07, 6.45) is 3.66. The van der Waals surface area contributed by atoms with Gasteiger partial charge in [-0.1, -0.05) is 16.5 Å². The molecular formula is C20H17N5O5S. The molecule has 1 aliphatic rings. The van der Waals surface area contributed by atoms with Gasteiger partial charge in [0.25, 0.3) is 11.6 Å². The van der Waals surface area contributed by atoms with Gasteiger partial charge in [0.2, 0.25) is 5.91 Å². The number of carbonyl (C=O) groups excluding carboxylic acids is 2. The molecule has 10 nitrogen and oxygen atoms in total. The predicted molar refractivity (Wildman–Crippen MR) is 113 cm³/mol. The highest BCUT2D eigenvalue weighted by Crippen LogP contribution is 2.29. The summed E-state index contributed by atoms with van der Waals surface area (Å²) in [5.41, 5.74) is 1.74. The molecule has 0 atom stereocenters. The van der Waals surface area contributed by atoms with Crippen molar-refractivity contribution in [3.63, 3.8) is 0 Å². The molecular weight excluding hydrogens is 422 g/mol. The van der Waals surface area contributed by atoms with Crippen LogP contribution in [0, 0.1) is 17.0 Å². The zero-order valence-corrected chi connectivity index (χ0v) is 17.2. The molecule has 0 saturated heterocycles. The monoisotopic (exact) mass is 439 g/mol. The maximum absolute atomic E-state index is 12.6. The van der Waals surface area contributed by atoms with Crippen molar-refractivity contribution >= 4 is 40.0 Å². The molecule has 158 valence electrons. The number of fused-ring (bicyclic) bond motifs is 1. The Balaban J connectivity index is 1.38. The van der Waals surface area contributed by atoms with Gasteiger partial charge in [-0.05, 0) is 30.7 Å². The Morgan fingerprint density at radius 3 is 2.77 bits per heavy atom. The highest BCUT2D eigenvalue weighted by molar-refractivity contribution is 7.15. The molecule has 0 fully saturated rings. The molecule has 11 heteroatoms. The fraction of sp³-hybridized carbons (Fsp3) is 0.200. The van der Waals surface area contributed by atoms with Crippen LogP contribution in [0.4, 0.5) is 10.8 Å². The van der Waals surface area contributed by atoms with Gasteiger partial charge in [-0.15, -0.1) is 0 Å². The second-order valence-electron chi connectivity index (χ2n) is 6.86. The minimum absolute atomic E-state index is 0.00110. The van der Waals surface area contributed by atoms with E-state index < -0.39 is 10.8 Å².